The lowest BCUT2D eigenvalue weighted by Gasteiger charge is -2.09. The number of fused-ring (bicyclic) bond motifs is 1. The maximum absolute atomic E-state index is 12.5. The van der Waals surface area contributed by atoms with E-state index >= 15 is 0 Å². The number of nitrogens with one attached hydrogen (secondary N) is 2. The highest BCUT2D eigenvalue weighted by Crippen LogP contribution is 2.22. The van der Waals surface area contributed by atoms with Crippen molar-refractivity contribution in [1.29, 1.82) is 0 Å². The van der Waals surface area contributed by atoms with Crippen LogP contribution in [0.5, 0.6) is 0 Å². The van der Waals surface area contributed by atoms with Crippen molar-refractivity contribution in [3.8, 4) is 0 Å². The summed E-state index contributed by atoms with van der Waals surface area (Å²) in [5.41, 5.74) is 1.65. The number of nitro groups is 1. The molecule has 9 heteroatoms. The number of hydrogen-bond donors (Lipinski definition) is 2. The largest absolute Gasteiger partial charge is 0.378 e. The number of carbonyl (C=O) groups is 1. The molecule has 0 spiro atoms. The van der Waals surface area contributed by atoms with E-state index in [4.69, 9.17) is 0 Å². The van der Waals surface area contributed by atoms with Gasteiger partial charge in [0.15, 0.2) is 0 Å². The molecule has 0 atom stereocenters. The van der Waals surface area contributed by atoms with E-state index in [2.05, 4.69) is 10.6 Å². The zero-order valence-electron chi connectivity index (χ0n) is 15.4. The van der Waals surface area contributed by atoms with Gasteiger partial charge in [-0.15, -0.1) is 0 Å². The number of carbonyl (C=O) groups excluding carboxylic acids is 1. The monoisotopic (exact) mass is 383 g/mol. The molecular weight excluding hydrogens is 362 g/mol. The van der Waals surface area contributed by atoms with E-state index in [9.17, 15) is 19.7 Å². The summed E-state index contributed by atoms with van der Waals surface area (Å²) >= 11 is 0. The van der Waals surface area contributed by atoms with Gasteiger partial charge in [0, 0.05) is 25.7 Å². The van der Waals surface area contributed by atoms with Gasteiger partial charge in [-0.2, -0.15) is 0 Å². The standard InChI is InChI=1S/C19H21N5O4/c1-2-22-16-9-5-6-10-17(16)23(19(22)26)13-18(25)21-12-11-20-14-7-3-4-8-15(14)24(27)28/h3-10,20H,2,11-13H2,1H3,(H,21,25). The second-order valence-electron chi connectivity index (χ2n) is 6.15. The molecular formula is C19H21N5O4. The summed E-state index contributed by atoms with van der Waals surface area (Å²) in [5, 5.41) is 16.7. The topological polar surface area (TPSA) is 111 Å². The Labute approximate surface area is 160 Å². The number of benzene rings is 2. The molecule has 0 aliphatic carbocycles. The van der Waals surface area contributed by atoms with Crippen LogP contribution in [0.3, 0.4) is 0 Å². The molecule has 0 aliphatic heterocycles. The normalized spacial score (nSPS) is 10.8. The quantitative estimate of drug-likeness (QED) is 0.351. The molecule has 1 aromatic heterocycles. The highest BCUT2D eigenvalue weighted by molar-refractivity contribution is 5.81. The van der Waals surface area contributed by atoms with Gasteiger partial charge in [0.1, 0.15) is 12.2 Å². The number of nitro benzene ring substituents is 1. The molecule has 2 aromatic carbocycles. The lowest BCUT2D eigenvalue weighted by atomic mass is 10.2. The smallest absolute Gasteiger partial charge is 0.329 e. The van der Waals surface area contributed by atoms with Crippen molar-refractivity contribution < 1.29 is 9.72 Å². The molecule has 0 saturated carbocycles. The van der Waals surface area contributed by atoms with Gasteiger partial charge in [-0.3, -0.25) is 24.0 Å². The first kappa shape index (κ1) is 19.2. The summed E-state index contributed by atoms with van der Waals surface area (Å²) < 4.78 is 3.07. The minimum Gasteiger partial charge on any atom is -0.378 e. The summed E-state index contributed by atoms with van der Waals surface area (Å²) in [6.45, 7) is 2.91. The maximum Gasteiger partial charge on any atom is 0.329 e. The number of imidazole rings is 1. The van der Waals surface area contributed by atoms with Crippen LogP contribution in [0, 0.1) is 10.1 Å². The van der Waals surface area contributed by atoms with E-state index in [1.807, 2.05) is 31.2 Å². The van der Waals surface area contributed by atoms with Crippen LogP contribution in [-0.4, -0.2) is 33.1 Å². The van der Waals surface area contributed by atoms with Crippen LogP contribution in [0.15, 0.2) is 53.3 Å². The number of rotatable bonds is 8. The Morgan fingerprint density at radius 1 is 1.04 bits per heavy atom. The van der Waals surface area contributed by atoms with Crippen molar-refractivity contribution in [2.75, 3.05) is 18.4 Å². The zero-order valence-corrected chi connectivity index (χ0v) is 15.4. The van der Waals surface area contributed by atoms with Crippen LogP contribution in [0.2, 0.25) is 0 Å². The number of amides is 1. The van der Waals surface area contributed by atoms with Gasteiger partial charge in [0.25, 0.3) is 5.69 Å². The zero-order chi connectivity index (χ0) is 20.1. The average molecular weight is 383 g/mol. The van der Waals surface area contributed by atoms with Crippen molar-refractivity contribution in [2.45, 2.75) is 20.0 Å². The van der Waals surface area contributed by atoms with Crippen LogP contribution < -0.4 is 16.3 Å². The van der Waals surface area contributed by atoms with E-state index in [1.165, 1.54) is 10.6 Å². The maximum atomic E-state index is 12.5. The van der Waals surface area contributed by atoms with E-state index < -0.39 is 4.92 Å². The molecule has 2 N–H and O–H groups in total. The summed E-state index contributed by atoms with van der Waals surface area (Å²) in [7, 11) is 0. The Morgan fingerprint density at radius 2 is 1.68 bits per heavy atom. The van der Waals surface area contributed by atoms with Crippen molar-refractivity contribution in [2.24, 2.45) is 0 Å². The number of hydrogen-bond acceptors (Lipinski definition) is 5. The van der Waals surface area contributed by atoms with Crippen molar-refractivity contribution in [1.82, 2.24) is 14.5 Å². The second-order valence-corrected chi connectivity index (χ2v) is 6.15. The third kappa shape index (κ3) is 3.88. The van der Waals surface area contributed by atoms with Crippen molar-refractivity contribution in [3.63, 3.8) is 0 Å². The van der Waals surface area contributed by atoms with Gasteiger partial charge in [-0.05, 0) is 25.1 Å². The number of aromatic nitrogens is 2. The van der Waals surface area contributed by atoms with Gasteiger partial charge in [-0.1, -0.05) is 24.3 Å². The number of nitrogens with zero attached hydrogens (tertiary/aromatic N) is 3. The minimum atomic E-state index is -0.461. The first-order chi connectivity index (χ1) is 13.5. The molecule has 1 amide bonds. The summed E-state index contributed by atoms with van der Waals surface area (Å²) in [6.07, 6.45) is 0. The Balaban J connectivity index is 1.60. The molecule has 3 aromatic rings. The van der Waals surface area contributed by atoms with E-state index in [-0.39, 0.29) is 30.4 Å². The van der Waals surface area contributed by atoms with Gasteiger partial charge < -0.3 is 10.6 Å². The summed E-state index contributed by atoms with van der Waals surface area (Å²) in [5.74, 6) is -0.300. The third-order valence-electron chi connectivity index (χ3n) is 4.41. The Morgan fingerprint density at radius 3 is 2.36 bits per heavy atom. The molecule has 9 nitrogen and oxygen atoms in total. The van der Waals surface area contributed by atoms with Crippen molar-refractivity contribution >= 4 is 28.3 Å². The highest BCUT2D eigenvalue weighted by atomic mass is 16.6. The second kappa shape index (κ2) is 8.38. The van der Waals surface area contributed by atoms with Crippen LogP contribution in [0.1, 0.15) is 6.92 Å². The van der Waals surface area contributed by atoms with E-state index in [0.717, 1.165) is 5.52 Å². The van der Waals surface area contributed by atoms with Crippen LogP contribution in [0.4, 0.5) is 11.4 Å². The Bertz CT molecular complexity index is 1070. The van der Waals surface area contributed by atoms with Gasteiger partial charge in [-0.25, -0.2) is 4.79 Å². The van der Waals surface area contributed by atoms with Crippen molar-refractivity contribution in [3.05, 3.63) is 69.1 Å². The fraction of sp³-hybridized carbons (Fsp3) is 0.263. The number of aryl methyl sites for hydroxylation is 1. The molecule has 3 rings (SSSR count). The lowest BCUT2D eigenvalue weighted by molar-refractivity contribution is -0.384. The van der Waals surface area contributed by atoms with E-state index in [0.29, 0.717) is 24.3 Å². The molecule has 0 fully saturated rings. The predicted octanol–water partition coefficient (Wildman–Crippen LogP) is 1.96. The van der Waals surface area contributed by atoms with Gasteiger partial charge in [0.05, 0.1) is 16.0 Å². The molecule has 0 radical (unpaired) electrons. The summed E-state index contributed by atoms with van der Waals surface area (Å²) in [4.78, 5) is 35.3. The third-order valence-corrected chi connectivity index (χ3v) is 4.41. The van der Waals surface area contributed by atoms with Crippen LogP contribution >= 0.6 is 0 Å². The van der Waals surface area contributed by atoms with Gasteiger partial charge in [0.2, 0.25) is 5.91 Å². The fourth-order valence-corrected chi connectivity index (χ4v) is 3.11. The van der Waals surface area contributed by atoms with Gasteiger partial charge >= 0.3 is 5.69 Å². The minimum absolute atomic E-state index is 0.0206. The number of para-hydroxylation sites is 4. The highest BCUT2D eigenvalue weighted by Gasteiger charge is 2.14. The molecule has 0 saturated heterocycles. The fourth-order valence-electron chi connectivity index (χ4n) is 3.11. The Hall–Kier alpha value is -3.62. The molecule has 28 heavy (non-hydrogen) atoms. The number of anilines is 1. The lowest BCUT2D eigenvalue weighted by Crippen LogP contribution is -2.35. The first-order valence-electron chi connectivity index (χ1n) is 8.95. The molecule has 0 bridgehead atoms. The Kier molecular flexibility index (Phi) is 5.73. The predicted molar refractivity (Wildman–Crippen MR) is 106 cm³/mol. The van der Waals surface area contributed by atoms with Crippen LogP contribution in [0.25, 0.3) is 11.0 Å². The SMILES string of the molecule is CCn1c(=O)n(CC(=O)NCCNc2ccccc2[N+](=O)[O-])c2ccccc21. The first-order valence-corrected chi connectivity index (χ1v) is 8.95. The van der Waals surface area contributed by atoms with E-state index in [1.54, 1.807) is 22.8 Å². The molecule has 0 unspecified atom stereocenters. The van der Waals surface area contributed by atoms with Crippen LogP contribution in [-0.2, 0) is 17.9 Å². The molecule has 1 heterocycles. The average Bonchev–Trinajstić information content (AvgIpc) is 2.96. The summed E-state index contributed by atoms with van der Waals surface area (Å²) in [6, 6.07) is 13.7. The molecule has 0 aliphatic rings. The molecule has 146 valence electrons.